The molecule has 1 aliphatic carbocycles. The number of aromatic nitrogens is 6. The van der Waals surface area contributed by atoms with Gasteiger partial charge in [0.25, 0.3) is 0 Å². The maximum atomic E-state index is 5.25. The summed E-state index contributed by atoms with van der Waals surface area (Å²) >= 11 is 0. The van der Waals surface area contributed by atoms with Gasteiger partial charge in [-0.3, -0.25) is 4.57 Å². The summed E-state index contributed by atoms with van der Waals surface area (Å²) in [7, 11) is 0. The molecule has 0 fully saturated rings. The number of nitrogens with zero attached hydrogens (tertiary/aromatic N) is 6. The first-order valence-electron chi connectivity index (χ1n) is 21.1. The molecular weight excluding hydrogens is 757 g/mol. The van der Waals surface area contributed by atoms with E-state index in [0.29, 0.717) is 17.6 Å². The zero-order chi connectivity index (χ0) is 41.0. The fourth-order valence-corrected chi connectivity index (χ4v) is 9.06. The average Bonchev–Trinajstić information content (AvgIpc) is 3.86. The van der Waals surface area contributed by atoms with Crippen LogP contribution in [0.25, 0.3) is 106 Å². The smallest absolute Gasteiger partial charge is 0.238 e. The van der Waals surface area contributed by atoms with Crippen molar-refractivity contribution in [2.75, 3.05) is 0 Å². The molecule has 6 heteroatoms. The van der Waals surface area contributed by atoms with Crippen LogP contribution in [0.5, 0.6) is 0 Å². The number of pyridine rings is 1. The van der Waals surface area contributed by atoms with E-state index in [1.54, 1.807) is 0 Å². The summed E-state index contributed by atoms with van der Waals surface area (Å²) in [6, 6.07) is 66.3. The van der Waals surface area contributed by atoms with Crippen molar-refractivity contribution in [3.05, 3.63) is 212 Å². The SMILES string of the molecule is C1=CCCC(c2nc(-c3ccccc3)nc(-n3c4ccccc4c4cc5c6ccccc6n(-c6cccc(-c7cccc(-c8ccc(-c9ccccc9)cc8)n7)c6)c5cc43)n2)=C1. The van der Waals surface area contributed by atoms with E-state index in [9.17, 15) is 0 Å². The van der Waals surface area contributed by atoms with Gasteiger partial charge < -0.3 is 4.57 Å². The highest BCUT2D eigenvalue weighted by atomic mass is 15.2. The standard InChI is InChI=1S/C56H38N6/c1-4-16-37(17-5-1)38-30-32-39(33-31-38)48-26-15-27-49(57-48)42-22-14-23-43(34-42)61-50-28-12-10-24-44(50)46-35-47-45-25-11-13-29-51(45)62(53(47)36-52(46)61)56-59-54(40-18-6-2-7-19-40)58-55(60-56)41-20-8-3-9-21-41/h1-8,10-20,22-36H,9,21H2. The van der Waals surface area contributed by atoms with Crippen LogP contribution in [-0.4, -0.2) is 29.1 Å². The molecule has 4 aromatic heterocycles. The van der Waals surface area contributed by atoms with Crippen molar-refractivity contribution in [2.24, 2.45) is 0 Å². The summed E-state index contributed by atoms with van der Waals surface area (Å²) in [5.74, 6) is 1.96. The van der Waals surface area contributed by atoms with Gasteiger partial charge in [0.1, 0.15) is 0 Å². The van der Waals surface area contributed by atoms with E-state index in [1.165, 1.54) is 21.9 Å². The second kappa shape index (κ2) is 14.8. The zero-order valence-electron chi connectivity index (χ0n) is 33.7. The highest BCUT2D eigenvalue weighted by Gasteiger charge is 2.22. The quantitative estimate of drug-likeness (QED) is 0.161. The maximum Gasteiger partial charge on any atom is 0.238 e. The molecule has 0 N–H and O–H groups in total. The third kappa shape index (κ3) is 6.11. The van der Waals surface area contributed by atoms with Gasteiger partial charge in [-0.1, -0.05) is 158 Å². The van der Waals surface area contributed by atoms with Gasteiger partial charge in [0.2, 0.25) is 5.95 Å². The van der Waals surface area contributed by atoms with E-state index in [1.807, 2.05) is 24.3 Å². The van der Waals surface area contributed by atoms with E-state index in [4.69, 9.17) is 19.9 Å². The molecule has 0 bridgehead atoms. The second-order valence-electron chi connectivity index (χ2n) is 15.8. The maximum absolute atomic E-state index is 5.25. The molecule has 6 nitrogen and oxygen atoms in total. The predicted octanol–water partition coefficient (Wildman–Crippen LogP) is 13.9. The van der Waals surface area contributed by atoms with Crippen molar-refractivity contribution in [3.8, 4) is 56.7 Å². The summed E-state index contributed by atoms with van der Waals surface area (Å²) < 4.78 is 4.61. The Balaban J connectivity index is 1.03. The molecule has 0 atom stereocenters. The van der Waals surface area contributed by atoms with Crippen molar-refractivity contribution in [1.29, 1.82) is 0 Å². The van der Waals surface area contributed by atoms with Gasteiger partial charge in [0.15, 0.2) is 11.6 Å². The minimum atomic E-state index is 0.597. The Kier molecular flexibility index (Phi) is 8.52. The topological polar surface area (TPSA) is 61.4 Å². The van der Waals surface area contributed by atoms with Gasteiger partial charge in [-0.2, -0.15) is 9.97 Å². The first-order valence-corrected chi connectivity index (χ1v) is 21.1. The Labute approximate surface area is 358 Å². The molecule has 0 aliphatic heterocycles. The number of hydrogen-bond donors (Lipinski definition) is 0. The molecule has 0 saturated heterocycles. The third-order valence-corrected chi connectivity index (χ3v) is 12.1. The van der Waals surface area contributed by atoms with Crippen LogP contribution in [0.3, 0.4) is 0 Å². The Morgan fingerprint density at radius 2 is 0.952 bits per heavy atom. The lowest BCUT2D eigenvalue weighted by Gasteiger charge is -2.13. The fourth-order valence-electron chi connectivity index (χ4n) is 9.06. The van der Waals surface area contributed by atoms with Crippen molar-refractivity contribution in [2.45, 2.75) is 12.8 Å². The van der Waals surface area contributed by atoms with Crippen LogP contribution in [0.4, 0.5) is 0 Å². The summed E-state index contributed by atoms with van der Waals surface area (Å²) in [6.45, 7) is 0. The minimum absolute atomic E-state index is 0.597. The molecule has 62 heavy (non-hydrogen) atoms. The van der Waals surface area contributed by atoms with E-state index in [0.717, 1.165) is 85.0 Å². The number of rotatable bonds is 7. The number of hydrogen-bond acceptors (Lipinski definition) is 4. The van der Waals surface area contributed by atoms with Crippen LogP contribution in [0.15, 0.2) is 206 Å². The highest BCUT2D eigenvalue weighted by molar-refractivity contribution is 6.19. The van der Waals surface area contributed by atoms with Crippen molar-refractivity contribution in [1.82, 2.24) is 29.1 Å². The molecule has 0 unspecified atom stereocenters. The molecule has 12 rings (SSSR count). The van der Waals surface area contributed by atoms with Gasteiger partial charge in [-0.25, -0.2) is 9.97 Å². The molecule has 4 heterocycles. The van der Waals surface area contributed by atoms with E-state index >= 15 is 0 Å². The summed E-state index contributed by atoms with van der Waals surface area (Å²) in [5.41, 5.74) is 13.8. The number of allylic oxidation sites excluding steroid dienone is 4. The molecule has 0 spiro atoms. The molecule has 1 aliphatic rings. The first kappa shape index (κ1) is 35.7. The molecular formula is C56H38N6. The highest BCUT2D eigenvalue weighted by Crippen LogP contribution is 2.40. The van der Waals surface area contributed by atoms with Crippen molar-refractivity contribution >= 4 is 49.2 Å². The molecule has 0 radical (unpaired) electrons. The number of benzene rings is 7. The zero-order valence-corrected chi connectivity index (χ0v) is 33.7. The molecule has 0 amide bonds. The lowest BCUT2D eigenvalue weighted by molar-refractivity contribution is 0.913. The normalized spacial score (nSPS) is 12.7. The van der Waals surface area contributed by atoms with Crippen molar-refractivity contribution < 1.29 is 0 Å². The molecule has 11 aromatic rings. The lowest BCUT2D eigenvalue weighted by atomic mass is 10.0. The second-order valence-corrected chi connectivity index (χ2v) is 15.8. The van der Waals surface area contributed by atoms with Gasteiger partial charge in [0, 0.05) is 43.9 Å². The molecule has 292 valence electrons. The Morgan fingerprint density at radius 3 is 1.68 bits per heavy atom. The van der Waals surface area contributed by atoms with Gasteiger partial charge >= 0.3 is 0 Å². The van der Waals surface area contributed by atoms with E-state index in [2.05, 4.69) is 191 Å². The van der Waals surface area contributed by atoms with Crippen molar-refractivity contribution in [3.63, 3.8) is 0 Å². The van der Waals surface area contributed by atoms with E-state index < -0.39 is 0 Å². The Morgan fingerprint density at radius 1 is 0.371 bits per heavy atom. The molecule has 0 saturated carbocycles. The van der Waals surface area contributed by atoms with Gasteiger partial charge in [-0.15, -0.1) is 0 Å². The van der Waals surface area contributed by atoms with Crippen LogP contribution >= 0.6 is 0 Å². The van der Waals surface area contributed by atoms with Crippen LogP contribution in [0.2, 0.25) is 0 Å². The van der Waals surface area contributed by atoms with Crippen LogP contribution in [0, 0.1) is 0 Å². The molecule has 7 aromatic carbocycles. The monoisotopic (exact) mass is 794 g/mol. The fraction of sp³-hybridized carbons (Fsp3) is 0.0357. The lowest BCUT2D eigenvalue weighted by Crippen LogP contribution is -2.08. The van der Waals surface area contributed by atoms with E-state index in [-0.39, 0.29) is 0 Å². The van der Waals surface area contributed by atoms with Crippen LogP contribution in [0.1, 0.15) is 18.7 Å². The average molecular weight is 795 g/mol. The van der Waals surface area contributed by atoms with Crippen LogP contribution in [-0.2, 0) is 0 Å². The minimum Gasteiger partial charge on any atom is -0.309 e. The summed E-state index contributed by atoms with van der Waals surface area (Å²) in [5, 5.41) is 4.66. The number of fused-ring (bicyclic) bond motifs is 6. The Bertz CT molecular complexity index is 3560. The summed E-state index contributed by atoms with van der Waals surface area (Å²) in [4.78, 5) is 20.7. The first-order chi connectivity index (χ1) is 30.7. The van der Waals surface area contributed by atoms with Gasteiger partial charge in [0.05, 0.1) is 33.5 Å². The predicted molar refractivity (Wildman–Crippen MR) is 254 cm³/mol. The summed E-state index contributed by atoms with van der Waals surface area (Å²) in [6.07, 6.45) is 8.26. The number of para-hydroxylation sites is 2. The largest absolute Gasteiger partial charge is 0.309 e. The van der Waals surface area contributed by atoms with Crippen LogP contribution < -0.4 is 0 Å². The third-order valence-electron chi connectivity index (χ3n) is 12.1. The Hall–Kier alpha value is -8.22. The van der Waals surface area contributed by atoms with Gasteiger partial charge in [-0.05, 0) is 78.1 Å².